The number of amidine groups is 1. The standard InChI is InChI=1S/C12H17N3O2S/c1-8-6-9(12(13)15-16)7-11(14-8)18-10-2-4-17-5-3-10/h6-7,10,16H,2-5H2,1H3,(H2,13,15). The monoisotopic (exact) mass is 267 g/mol. The van der Waals surface area contributed by atoms with Gasteiger partial charge in [-0.3, -0.25) is 0 Å². The molecule has 0 spiro atoms. The fourth-order valence-electron chi connectivity index (χ4n) is 1.87. The van der Waals surface area contributed by atoms with Crippen molar-refractivity contribution >= 4 is 17.6 Å². The molecule has 2 heterocycles. The Bertz CT molecular complexity index is 445. The Labute approximate surface area is 110 Å². The molecule has 3 N–H and O–H groups in total. The first kappa shape index (κ1) is 13.2. The quantitative estimate of drug-likeness (QED) is 0.377. The first-order chi connectivity index (χ1) is 8.69. The van der Waals surface area contributed by atoms with Crippen molar-refractivity contribution in [1.82, 2.24) is 4.98 Å². The first-order valence-electron chi connectivity index (χ1n) is 5.90. The fraction of sp³-hybridized carbons (Fsp3) is 0.500. The van der Waals surface area contributed by atoms with Gasteiger partial charge < -0.3 is 15.7 Å². The van der Waals surface area contributed by atoms with Gasteiger partial charge in [-0.2, -0.15) is 0 Å². The molecule has 0 bridgehead atoms. The summed E-state index contributed by atoms with van der Waals surface area (Å²) in [4.78, 5) is 4.47. The third-order valence-electron chi connectivity index (χ3n) is 2.79. The maximum absolute atomic E-state index is 8.71. The molecule has 0 unspecified atom stereocenters. The molecule has 1 aromatic heterocycles. The number of nitrogens with zero attached hydrogens (tertiary/aromatic N) is 2. The summed E-state index contributed by atoms with van der Waals surface area (Å²) in [5, 5.41) is 13.2. The van der Waals surface area contributed by atoms with E-state index in [1.54, 1.807) is 11.8 Å². The van der Waals surface area contributed by atoms with Crippen LogP contribution in [0.2, 0.25) is 0 Å². The fourth-order valence-corrected chi connectivity index (χ4v) is 3.03. The zero-order chi connectivity index (χ0) is 13.0. The number of nitrogens with two attached hydrogens (primary N) is 1. The molecule has 0 atom stereocenters. The van der Waals surface area contributed by atoms with Gasteiger partial charge in [-0.05, 0) is 31.9 Å². The van der Waals surface area contributed by atoms with E-state index in [2.05, 4.69) is 10.1 Å². The maximum atomic E-state index is 8.71. The topological polar surface area (TPSA) is 80.7 Å². The summed E-state index contributed by atoms with van der Waals surface area (Å²) in [5.41, 5.74) is 7.19. The van der Waals surface area contributed by atoms with Gasteiger partial charge in [0.2, 0.25) is 0 Å². The van der Waals surface area contributed by atoms with Gasteiger partial charge in [0.1, 0.15) is 0 Å². The zero-order valence-corrected chi connectivity index (χ0v) is 11.1. The van der Waals surface area contributed by atoms with Crippen LogP contribution >= 0.6 is 11.8 Å². The lowest BCUT2D eigenvalue weighted by Crippen LogP contribution is -2.18. The van der Waals surface area contributed by atoms with Gasteiger partial charge in [-0.15, -0.1) is 11.8 Å². The van der Waals surface area contributed by atoms with E-state index in [-0.39, 0.29) is 5.84 Å². The normalized spacial score (nSPS) is 17.9. The molecule has 5 nitrogen and oxygen atoms in total. The third kappa shape index (κ3) is 3.36. The molecule has 6 heteroatoms. The smallest absolute Gasteiger partial charge is 0.170 e. The number of hydrogen-bond acceptors (Lipinski definition) is 5. The highest BCUT2D eigenvalue weighted by Gasteiger charge is 2.16. The molecule has 1 aliphatic heterocycles. The van der Waals surface area contributed by atoms with Crippen molar-refractivity contribution in [3.8, 4) is 0 Å². The van der Waals surface area contributed by atoms with E-state index >= 15 is 0 Å². The summed E-state index contributed by atoms with van der Waals surface area (Å²) < 4.78 is 5.33. The van der Waals surface area contributed by atoms with E-state index in [0.717, 1.165) is 36.8 Å². The largest absolute Gasteiger partial charge is 0.409 e. The molecule has 98 valence electrons. The van der Waals surface area contributed by atoms with Crippen molar-refractivity contribution in [2.75, 3.05) is 13.2 Å². The number of aromatic nitrogens is 1. The SMILES string of the molecule is Cc1cc(/C(N)=N/O)cc(SC2CCOCC2)n1. The van der Waals surface area contributed by atoms with Crippen LogP contribution in [0.4, 0.5) is 0 Å². The predicted octanol–water partition coefficient (Wildman–Crippen LogP) is 1.76. The first-order valence-corrected chi connectivity index (χ1v) is 6.78. The minimum Gasteiger partial charge on any atom is -0.409 e. The van der Waals surface area contributed by atoms with Crippen LogP contribution in [-0.4, -0.2) is 34.5 Å². The van der Waals surface area contributed by atoms with E-state index in [1.807, 2.05) is 19.1 Å². The van der Waals surface area contributed by atoms with E-state index in [9.17, 15) is 0 Å². The number of ether oxygens (including phenoxy) is 1. The molecule has 0 aromatic carbocycles. The van der Waals surface area contributed by atoms with Gasteiger partial charge in [-0.1, -0.05) is 5.16 Å². The predicted molar refractivity (Wildman–Crippen MR) is 71.2 cm³/mol. The molecular formula is C12H17N3O2S. The molecule has 1 saturated heterocycles. The Balaban J connectivity index is 2.14. The van der Waals surface area contributed by atoms with Crippen molar-refractivity contribution in [3.63, 3.8) is 0 Å². The molecule has 1 aromatic rings. The summed E-state index contributed by atoms with van der Waals surface area (Å²) in [6.07, 6.45) is 2.08. The Morgan fingerprint density at radius 2 is 2.22 bits per heavy atom. The molecule has 0 amide bonds. The second kappa shape index (κ2) is 6.06. The Kier molecular flexibility index (Phi) is 4.43. The summed E-state index contributed by atoms with van der Waals surface area (Å²) in [6, 6.07) is 3.67. The third-order valence-corrected chi connectivity index (χ3v) is 4.04. The van der Waals surface area contributed by atoms with Crippen LogP contribution < -0.4 is 5.73 Å². The van der Waals surface area contributed by atoms with Crippen LogP contribution in [0.3, 0.4) is 0 Å². The Hall–Kier alpha value is -1.27. The highest BCUT2D eigenvalue weighted by molar-refractivity contribution is 7.99. The van der Waals surface area contributed by atoms with Crippen LogP contribution in [0.25, 0.3) is 0 Å². The van der Waals surface area contributed by atoms with E-state index in [1.165, 1.54) is 0 Å². The average molecular weight is 267 g/mol. The van der Waals surface area contributed by atoms with Crippen LogP contribution in [0.15, 0.2) is 22.3 Å². The Morgan fingerprint density at radius 1 is 1.50 bits per heavy atom. The van der Waals surface area contributed by atoms with Gasteiger partial charge in [0.15, 0.2) is 5.84 Å². The van der Waals surface area contributed by atoms with E-state index < -0.39 is 0 Å². The second-order valence-corrected chi connectivity index (χ2v) is 5.57. The minimum absolute atomic E-state index is 0.120. The van der Waals surface area contributed by atoms with Gasteiger partial charge in [-0.25, -0.2) is 4.98 Å². The molecule has 0 aliphatic carbocycles. The number of thioether (sulfide) groups is 1. The lowest BCUT2D eigenvalue weighted by atomic mass is 10.2. The molecule has 2 rings (SSSR count). The van der Waals surface area contributed by atoms with Crippen molar-refractivity contribution in [1.29, 1.82) is 0 Å². The lowest BCUT2D eigenvalue weighted by Gasteiger charge is -2.21. The van der Waals surface area contributed by atoms with Crippen LogP contribution in [0, 0.1) is 6.92 Å². The van der Waals surface area contributed by atoms with Crippen molar-refractivity contribution in [2.45, 2.75) is 30.0 Å². The molecule has 0 radical (unpaired) electrons. The molecule has 0 saturated carbocycles. The van der Waals surface area contributed by atoms with Crippen LogP contribution in [-0.2, 0) is 4.74 Å². The van der Waals surface area contributed by atoms with Gasteiger partial charge in [0.25, 0.3) is 0 Å². The van der Waals surface area contributed by atoms with Gasteiger partial charge in [0, 0.05) is 29.7 Å². The maximum Gasteiger partial charge on any atom is 0.170 e. The molecule has 18 heavy (non-hydrogen) atoms. The second-order valence-electron chi connectivity index (χ2n) is 4.25. The number of hydrogen-bond donors (Lipinski definition) is 2. The van der Waals surface area contributed by atoms with E-state index in [0.29, 0.717) is 10.8 Å². The summed E-state index contributed by atoms with van der Waals surface area (Å²) in [6.45, 7) is 3.54. The summed E-state index contributed by atoms with van der Waals surface area (Å²) >= 11 is 1.74. The van der Waals surface area contributed by atoms with Crippen LogP contribution in [0.1, 0.15) is 24.1 Å². The van der Waals surface area contributed by atoms with Crippen molar-refractivity contribution in [3.05, 3.63) is 23.4 Å². The summed E-state index contributed by atoms with van der Waals surface area (Å²) in [5.74, 6) is 0.120. The lowest BCUT2D eigenvalue weighted by molar-refractivity contribution is 0.1000. The van der Waals surface area contributed by atoms with Gasteiger partial charge >= 0.3 is 0 Å². The number of rotatable bonds is 3. The van der Waals surface area contributed by atoms with Gasteiger partial charge in [0.05, 0.1) is 5.03 Å². The highest BCUT2D eigenvalue weighted by Crippen LogP contribution is 2.29. The van der Waals surface area contributed by atoms with Crippen molar-refractivity contribution < 1.29 is 9.94 Å². The van der Waals surface area contributed by atoms with Crippen LogP contribution in [0.5, 0.6) is 0 Å². The molecular weight excluding hydrogens is 250 g/mol. The number of aryl methyl sites for hydroxylation is 1. The molecule has 1 aliphatic rings. The van der Waals surface area contributed by atoms with Crippen molar-refractivity contribution in [2.24, 2.45) is 10.9 Å². The average Bonchev–Trinajstić information content (AvgIpc) is 2.38. The van der Waals surface area contributed by atoms with E-state index in [4.69, 9.17) is 15.7 Å². The molecule has 1 fully saturated rings. The number of oxime groups is 1. The highest BCUT2D eigenvalue weighted by atomic mass is 32.2. The minimum atomic E-state index is 0.120. The Morgan fingerprint density at radius 3 is 2.89 bits per heavy atom. The zero-order valence-electron chi connectivity index (χ0n) is 10.3. The summed E-state index contributed by atoms with van der Waals surface area (Å²) in [7, 11) is 0. The number of pyridine rings is 1.